The fourth-order valence-corrected chi connectivity index (χ4v) is 4.76. The molecule has 23 heavy (non-hydrogen) atoms. The van der Waals surface area contributed by atoms with E-state index in [0.717, 1.165) is 12.2 Å². The van der Waals surface area contributed by atoms with Crippen LogP contribution >= 0.6 is 0 Å². The summed E-state index contributed by atoms with van der Waals surface area (Å²) in [4.78, 5) is 6.86. The van der Waals surface area contributed by atoms with Gasteiger partial charge in [0.1, 0.15) is 5.82 Å². The number of imidazole rings is 1. The highest BCUT2D eigenvalue weighted by molar-refractivity contribution is 5.71. The first-order chi connectivity index (χ1) is 12.0. The van der Waals surface area contributed by atoms with Crippen LogP contribution < -0.4 is 4.90 Å². The Morgan fingerprint density at radius 2 is 2.09 bits per heavy atom. The van der Waals surface area contributed by atoms with Gasteiger partial charge in [-0.2, -0.15) is 0 Å². The lowest BCUT2D eigenvalue weighted by Crippen LogP contribution is -2.44. The van der Waals surface area contributed by atoms with E-state index in [4.69, 9.17) is 4.11 Å². The van der Waals surface area contributed by atoms with Gasteiger partial charge in [-0.3, -0.25) is 0 Å². The Kier molecular flexibility index (Phi) is 2.24. The minimum absolute atomic E-state index is 0.0804. The normalized spacial score (nSPS) is 30.6. The van der Waals surface area contributed by atoms with E-state index in [9.17, 15) is 0 Å². The Hall–Kier alpha value is -1.77. The summed E-state index contributed by atoms with van der Waals surface area (Å²) < 4.78 is 26.6. The van der Waals surface area contributed by atoms with E-state index in [1.54, 1.807) is 0 Å². The van der Waals surface area contributed by atoms with Gasteiger partial charge in [0, 0.05) is 45.8 Å². The number of aryl methyl sites for hydroxylation is 1. The summed E-state index contributed by atoms with van der Waals surface area (Å²) in [5.74, 6) is 1.05. The van der Waals surface area contributed by atoms with Gasteiger partial charge in [0.25, 0.3) is 0 Å². The predicted molar refractivity (Wildman–Crippen MR) is 95.5 cm³/mol. The minimum Gasteiger partial charge on any atom is -0.363 e. The molecule has 0 saturated carbocycles. The van der Waals surface area contributed by atoms with Crippen LogP contribution in [-0.4, -0.2) is 21.1 Å². The molecular formula is C20H27N3. The summed E-state index contributed by atoms with van der Waals surface area (Å²) in [5, 5.41) is 0. The molecule has 3 heteroatoms. The van der Waals surface area contributed by atoms with E-state index >= 15 is 0 Å². The van der Waals surface area contributed by atoms with Crippen molar-refractivity contribution in [3.63, 3.8) is 0 Å². The van der Waals surface area contributed by atoms with Crippen molar-refractivity contribution in [1.29, 1.82) is 0 Å². The fourth-order valence-electron chi connectivity index (χ4n) is 4.76. The zero-order valence-electron chi connectivity index (χ0n) is 17.6. The summed E-state index contributed by atoms with van der Waals surface area (Å²) in [6, 6.07) is 4.23. The van der Waals surface area contributed by atoms with E-state index in [2.05, 4.69) is 54.3 Å². The summed E-state index contributed by atoms with van der Waals surface area (Å²) in [6.45, 7) is 8.49. The van der Waals surface area contributed by atoms with Crippen LogP contribution in [-0.2, 0) is 6.42 Å². The molecule has 0 amide bonds. The average molecular weight is 312 g/mol. The van der Waals surface area contributed by atoms with Gasteiger partial charge in [-0.1, -0.05) is 19.8 Å². The van der Waals surface area contributed by atoms with Gasteiger partial charge in [0.2, 0.25) is 0 Å². The van der Waals surface area contributed by atoms with Crippen LogP contribution in [0.15, 0.2) is 24.5 Å². The average Bonchev–Trinajstić information content (AvgIpc) is 3.12. The molecular weight excluding hydrogens is 282 g/mol. The Morgan fingerprint density at radius 3 is 2.78 bits per heavy atom. The first kappa shape index (κ1) is 11.7. The Labute approximate surface area is 143 Å². The topological polar surface area (TPSA) is 21.1 Å². The highest BCUT2D eigenvalue weighted by atomic mass is 15.3. The standard InChI is InChI=1S/C20H27N3/c1-13-7-8-16-15(11-17-21-9-10-22(16)17)18(13)23-14(2)19(3,4)12-20(23,5)6/h7-10,14H,11-12H2,1-6H3/i3D3. The summed E-state index contributed by atoms with van der Waals surface area (Å²) in [7, 11) is 0. The minimum atomic E-state index is -1.99. The molecule has 1 saturated heterocycles. The maximum atomic E-state index is 8.17. The largest absolute Gasteiger partial charge is 0.363 e. The molecule has 0 N–H and O–H groups in total. The van der Waals surface area contributed by atoms with Gasteiger partial charge in [-0.15, -0.1) is 0 Å². The number of anilines is 1. The number of aromatic nitrogens is 2. The molecule has 122 valence electrons. The number of fused-ring (bicyclic) bond motifs is 3. The Morgan fingerprint density at radius 1 is 1.30 bits per heavy atom. The number of rotatable bonds is 1. The second-order valence-corrected chi connectivity index (χ2v) is 8.07. The van der Waals surface area contributed by atoms with Gasteiger partial charge < -0.3 is 9.47 Å². The molecule has 3 heterocycles. The van der Waals surface area contributed by atoms with E-state index in [1.807, 2.05) is 19.3 Å². The second kappa shape index (κ2) is 4.40. The first-order valence-electron chi connectivity index (χ1n) is 9.92. The monoisotopic (exact) mass is 312 g/mol. The molecule has 1 aromatic heterocycles. The van der Waals surface area contributed by atoms with Crippen LogP contribution in [0.25, 0.3) is 5.69 Å². The summed E-state index contributed by atoms with van der Waals surface area (Å²) in [5.41, 5.74) is 3.86. The SMILES string of the molecule is [2H]C([2H])([2H])C1(C)CC(C)(C)N(c2c(C)ccc3c2Cc2nccn2-3)C1C. The lowest BCUT2D eigenvalue weighted by Gasteiger charge is -2.40. The quantitative estimate of drug-likeness (QED) is 0.660. The van der Waals surface area contributed by atoms with E-state index in [0.29, 0.717) is 6.42 Å². The molecule has 2 aliphatic heterocycles. The highest BCUT2D eigenvalue weighted by Crippen LogP contribution is 2.51. The third kappa shape index (κ3) is 1.92. The van der Waals surface area contributed by atoms with Crippen LogP contribution in [0.5, 0.6) is 0 Å². The molecule has 0 bridgehead atoms. The van der Waals surface area contributed by atoms with Crippen LogP contribution in [0.3, 0.4) is 0 Å². The zero-order valence-corrected chi connectivity index (χ0v) is 14.6. The highest BCUT2D eigenvalue weighted by Gasteiger charge is 2.49. The van der Waals surface area contributed by atoms with Crippen molar-refractivity contribution in [1.82, 2.24) is 9.55 Å². The van der Waals surface area contributed by atoms with Gasteiger partial charge >= 0.3 is 0 Å². The molecule has 2 unspecified atom stereocenters. The van der Waals surface area contributed by atoms with Crippen molar-refractivity contribution < 1.29 is 4.11 Å². The Bertz CT molecular complexity index is 881. The van der Waals surface area contributed by atoms with E-state index < -0.39 is 12.3 Å². The van der Waals surface area contributed by atoms with Crippen molar-refractivity contribution in [2.75, 3.05) is 4.90 Å². The molecule has 0 spiro atoms. The van der Waals surface area contributed by atoms with E-state index in [-0.39, 0.29) is 11.6 Å². The van der Waals surface area contributed by atoms with Crippen molar-refractivity contribution in [3.05, 3.63) is 41.5 Å². The lowest BCUT2D eigenvalue weighted by atomic mass is 9.82. The lowest BCUT2D eigenvalue weighted by molar-refractivity contribution is 0.329. The molecule has 0 aliphatic carbocycles. The van der Waals surface area contributed by atoms with Crippen LogP contribution in [0.4, 0.5) is 5.69 Å². The summed E-state index contributed by atoms with van der Waals surface area (Å²) >= 11 is 0. The molecule has 2 aromatic rings. The van der Waals surface area contributed by atoms with Gasteiger partial charge in [0.05, 0.1) is 5.69 Å². The maximum Gasteiger partial charge on any atom is 0.117 e. The van der Waals surface area contributed by atoms with Crippen molar-refractivity contribution in [3.8, 4) is 5.69 Å². The van der Waals surface area contributed by atoms with Crippen molar-refractivity contribution >= 4 is 5.69 Å². The fraction of sp³-hybridized carbons (Fsp3) is 0.550. The molecule has 1 fully saturated rings. The Balaban J connectivity index is 1.89. The van der Waals surface area contributed by atoms with Crippen LogP contribution in [0, 0.1) is 12.3 Å². The molecule has 4 rings (SSSR count). The number of hydrogen-bond donors (Lipinski definition) is 0. The van der Waals surface area contributed by atoms with Gasteiger partial charge in [0.15, 0.2) is 0 Å². The summed E-state index contributed by atoms with van der Waals surface area (Å²) in [6.07, 6.45) is 5.28. The molecule has 2 atom stereocenters. The second-order valence-electron chi connectivity index (χ2n) is 8.07. The third-order valence-electron chi connectivity index (χ3n) is 5.77. The molecule has 0 radical (unpaired) electrons. The third-order valence-corrected chi connectivity index (χ3v) is 5.77. The van der Waals surface area contributed by atoms with E-state index in [1.165, 1.54) is 22.5 Å². The van der Waals surface area contributed by atoms with Crippen LogP contribution in [0.2, 0.25) is 0 Å². The maximum absolute atomic E-state index is 8.17. The van der Waals surface area contributed by atoms with Crippen molar-refractivity contribution in [2.45, 2.75) is 65.9 Å². The van der Waals surface area contributed by atoms with Crippen molar-refractivity contribution in [2.24, 2.45) is 5.41 Å². The molecule has 1 aromatic carbocycles. The predicted octanol–water partition coefficient (Wildman–Crippen LogP) is 4.49. The number of hydrogen-bond acceptors (Lipinski definition) is 2. The van der Waals surface area contributed by atoms with Gasteiger partial charge in [-0.05, 0) is 51.2 Å². The molecule has 2 aliphatic rings. The molecule has 3 nitrogen and oxygen atoms in total. The number of benzene rings is 1. The first-order valence-corrected chi connectivity index (χ1v) is 8.42. The van der Waals surface area contributed by atoms with Gasteiger partial charge in [-0.25, -0.2) is 4.98 Å². The van der Waals surface area contributed by atoms with Crippen LogP contribution in [0.1, 0.15) is 62.0 Å². The smallest absolute Gasteiger partial charge is 0.117 e. The number of nitrogens with zero attached hydrogens (tertiary/aromatic N) is 3. The zero-order chi connectivity index (χ0) is 19.1.